The molecule has 0 radical (unpaired) electrons. The van der Waals surface area contributed by atoms with Crippen molar-refractivity contribution in [1.82, 2.24) is 19.4 Å². The number of H-pyrrole nitrogens is 1. The number of nitrogens with zero attached hydrogens (tertiary/aromatic N) is 4. The number of sulfonamides is 1. The zero-order chi connectivity index (χ0) is 31.8. The molecule has 236 valence electrons. The second-order valence-corrected chi connectivity index (χ2v) is 13.7. The lowest BCUT2D eigenvalue weighted by molar-refractivity contribution is -0.116. The van der Waals surface area contributed by atoms with Gasteiger partial charge in [-0.05, 0) is 37.4 Å². The number of hydrogen-bond donors (Lipinski definition) is 4. The van der Waals surface area contributed by atoms with Gasteiger partial charge in [-0.25, -0.2) is 17.2 Å². The van der Waals surface area contributed by atoms with Crippen LogP contribution in [0.25, 0.3) is 0 Å². The summed E-state index contributed by atoms with van der Waals surface area (Å²) in [6.07, 6.45) is 0.0707. The first-order valence-electron chi connectivity index (χ1n) is 14.2. The normalized spacial score (nSPS) is 17.3. The lowest BCUT2D eigenvalue weighted by Gasteiger charge is -2.36. The summed E-state index contributed by atoms with van der Waals surface area (Å²) in [7, 11) is -2.26. The van der Waals surface area contributed by atoms with E-state index < -0.39 is 37.9 Å². The number of piperazine rings is 1. The van der Waals surface area contributed by atoms with Crippen LogP contribution in [0.2, 0.25) is 0 Å². The van der Waals surface area contributed by atoms with E-state index in [-0.39, 0.29) is 43.3 Å². The molecule has 1 saturated heterocycles. The second kappa shape index (κ2) is 12.2. The van der Waals surface area contributed by atoms with Crippen LogP contribution in [0.5, 0.6) is 0 Å². The number of aromatic nitrogens is 2. The molecule has 2 aliphatic heterocycles. The molecule has 5 rings (SSSR count). The van der Waals surface area contributed by atoms with Crippen molar-refractivity contribution in [2.75, 3.05) is 61.8 Å². The summed E-state index contributed by atoms with van der Waals surface area (Å²) in [5.74, 6) is -2.83. The van der Waals surface area contributed by atoms with Gasteiger partial charge >= 0.3 is 0 Å². The maximum atomic E-state index is 13.9. The molecule has 0 bridgehead atoms. The van der Waals surface area contributed by atoms with Gasteiger partial charge in [0.1, 0.15) is 11.6 Å². The number of nitrogens with one attached hydrogen (secondary N) is 3. The van der Waals surface area contributed by atoms with Crippen LogP contribution < -0.4 is 21.3 Å². The van der Waals surface area contributed by atoms with E-state index in [4.69, 9.17) is 5.73 Å². The smallest absolute Gasteiger partial charge is 0.258 e. The number of nitrogens with two attached hydrogens (primary N) is 1. The Kier molecular flexibility index (Phi) is 8.75. The van der Waals surface area contributed by atoms with E-state index in [0.717, 1.165) is 48.3 Å². The standard InChI is InChI=1S/C29H36F2N8O4S/c1-29(2)17-39(44(42,43)21-13-18(30)12-19(31)14-21)16-23-26(29)35-36-27(23)34-28(41)22-5-4-20(38-10-8-37(3)9-11-38)15-24(22)33-25(40)6-7-32/h4-5,12-15H,6-11,16-17,32H2,1-3H3,(H,33,40)(H2,34,35,36,41). The number of carbonyl (C=O) groups is 2. The molecule has 0 atom stereocenters. The quantitative estimate of drug-likeness (QED) is 0.296. The molecule has 0 spiro atoms. The minimum absolute atomic E-state index is 0.00111. The van der Waals surface area contributed by atoms with E-state index in [2.05, 4.69) is 30.6 Å². The van der Waals surface area contributed by atoms with Crippen molar-refractivity contribution in [3.05, 3.63) is 64.9 Å². The molecule has 0 aliphatic carbocycles. The number of fused-ring (bicyclic) bond motifs is 1. The highest BCUT2D eigenvalue weighted by Gasteiger charge is 2.41. The fourth-order valence-electron chi connectivity index (χ4n) is 5.54. The molecule has 1 fully saturated rings. The van der Waals surface area contributed by atoms with Gasteiger partial charge < -0.3 is 26.2 Å². The third-order valence-corrected chi connectivity index (χ3v) is 9.69. The van der Waals surface area contributed by atoms with E-state index in [1.54, 1.807) is 26.0 Å². The summed E-state index contributed by atoms with van der Waals surface area (Å²) in [5.41, 5.74) is 7.15. The molecule has 3 aromatic rings. The molecular weight excluding hydrogens is 594 g/mol. The van der Waals surface area contributed by atoms with E-state index in [1.165, 1.54) is 0 Å². The Hall–Kier alpha value is -3.92. The third kappa shape index (κ3) is 6.45. The van der Waals surface area contributed by atoms with Gasteiger partial charge in [-0.2, -0.15) is 9.40 Å². The van der Waals surface area contributed by atoms with Crippen LogP contribution in [-0.2, 0) is 26.8 Å². The van der Waals surface area contributed by atoms with Crippen molar-refractivity contribution in [2.24, 2.45) is 5.73 Å². The van der Waals surface area contributed by atoms with E-state index >= 15 is 0 Å². The molecule has 44 heavy (non-hydrogen) atoms. The summed E-state index contributed by atoms with van der Waals surface area (Å²) in [4.78, 5) is 30.0. The average Bonchev–Trinajstić information content (AvgIpc) is 3.36. The first-order chi connectivity index (χ1) is 20.8. The molecular formula is C29H36F2N8O4S. The maximum absolute atomic E-state index is 13.9. The largest absolute Gasteiger partial charge is 0.369 e. The summed E-state index contributed by atoms with van der Waals surface area (Å²) in [5, 5.41) is 12.8. The molecule has 2 aromatic carbocycles. The highest BCUT2D eigenvalue weighted by Crippen LogP contribution is 2.38. The number of anilines is 3. The van der Waals surface area contributed by atoms with Gasteiger partial charge in [-0.15, -0.1) is 0 Å². The van der Waals surface area contributed by atoms with Gasteiger partial charge in [-0.1, -0.05) is 13.8 Å². The lowest BCUT2D eigenvalue weighted by Crippen LogP contribution is -2.45. The summed E-state index contributed by atoms with van der Waals surface area (Å²) in [6.45, 7) is 6.86. The Morgan fingerprint density at radius 3 is 2.39 bits per heavy atom. The third-order valence-electron chi connectivity index (χ3n) is 7.92. The number of likely N-dealkylation sites (N-methyl/N-ethyl adjacent to an activating group) is 1. The Morgan fingerprint density at radius 1 is 1.05 bits per heavy atom. The second-order valence-electron chi connectivity index (χ2n) is 11.7. The number of hydrogen-bond acceptors (Lipinski definition) is 8. The predicted molar refractivity (Wildman–Crippen MR) is 162 cm³/mol. The van der Waals surface area contributed by atoms with E-state index in [9.17, 15) is 26.8 Å². The fourth-order valence-corrected chi connectivity index (χ4v) is 7.16. The monoisotopic (exact) mass is 630 g/mol. The van der Waals surface area contributed by atoms with Crippen LogP contribution in [0, 0.1) is 11.6 Å². The molecule has 1 aromatic heterocycles. The van der Waals surface area contributed by atoms with Gasteiger partial charge in [0.2, 0.25) is 15.9 Å². The van der Waals surface area contributed by atoms with Crippen molar-refractivity contribution >= 4 is 39.0 Å². The Morgan fingerprint density at radius 2 is 1.73 bits per heavy atom. The summed E-state index contributed by atoms with van der Waals surface area (Å²) < 4.78 is 55.9. The van der Waals surface area contributed by atoms with Crippen LogP contribution in [0.4, 0.5) is 26.0 Å². The van der Waals surface area contributed by atoms with E-state index in [1.807, 2.05) is 13.1 Å². The first-order valence-corrected chi connectivity index (χ1v) is 15.7. The molecule has 5 N–H and O–H groups in total. The van der Waals surface area contributed by atoms with Gasteiger partial charge in [0, 0.05) is 80.7 Å². The van der Waals surface area contributed by atoms with Crippen LogP contribution in [0.3, 0.4) is 0 Å². The Bertz CT molecular complexity index is 1670. The molecule has 15 heteroatoms. The first kappa shape index (κ1) is 31.5. The van der Waals surface area contributed by atoms with Gasteiger partial charge in [0.25, 0.3) is 5.91 Å². The molecule has 2 aliphatic rings. The van der Waals surface area contributed by atoms with Crippen LogP contribution in [0.15, 0.2) is 41.3 Å². The summed E-state index contributed by atoms with van der Waals surface area (Å²) >= 11 is 0. The lowest BCUT2D eigenvalue weighted by atomic mass is 9.84. The number of amides is 2. The SMILES string of the molecule is CN1CCN(c2ccc(C(=O)Nc3n[nH]c4c3CN(S(=O)(=O)c3cc(F)cc(F)c3)CC4(C)C)c(NC(=O)CCN)c2)CC1. The van der Waals surface area contributed by atoms with Crippen molar-refractivity contribution in [1.29, 1.82) is 0 Å². The molecule has 0 saturated carbocycles. The molecule has 12 nitrogen and oxygen atoms in total. The number of benzene rings is 2. The number of rotatable bonds is 8. The van der Waals surface area contributed by atoms with Crippen LogP contribution >= 0.6 is 0 Å². The molecule has 0 unspecified atom stereocenters. The fraction of sp³-hybridized carbons (Fsp3) is 0.414. The van der Waals surface area contributed by atoms with Gasteiger partial charge in [-0.3, -0.25) is 14.7 Å². The van der Waals surface area contributed by atoms with Gasteiger partial charge in [0.05, 0.1) is 16.1 Å². The topological polar surface area (TPSA) is 157 Å². The molecule has 3 heterocycles. The van der Waals surface area contributed by atoms with Crippen molar-refractivity contribution in [3.63, 3.8) is 0 Å². The Labute approximate surface area is 254 Å². The van der Waals surface area contributed by atoms with Crippen LogP contribution in [0.1, 0.15) is 41.9 Å². The number of halogens is 2. The minimum atomic E-state index is -4.31. The predicted octanol–water partition coefficient (Wildman–Crippen LogP) is 2.46. The Balaban J connectivity index is 1.44. The van der Waals surface area contributed by atoms with E-state index in [0.29, 0.717) is 23.0 Å². The zero-order valence-corrected chi connectivity index (χ0v) is 25.6. The van der Waals surface area contributed by atoms with Crippen molar-refractivity contribution in [2.45, 2.75) is 37.1 Å². The number of carbonyl (C=O) groups excluding carboxylic acids is 2. The zero-order valence-electron chi connectivity index (χ0n) is 24.8. The highest BCUT2D eigenvalue weighted by atomic mass is 32.2. The highest BCUT2D eigenvalue weighted by molar-refractivity contribution is 7.89. The van der Waals surface area contributed by atoms with Crippen molar-refractivity contribution in [3.8, 4) is 0 Å². The summed E-state index contributed by atoms with van der Waals surface area (Å²) in [6, 6.07) is 7.33. The number of aromatic amines is 1. The molecule has 2 amide bonds. The van der Waals surface area contributed by atoms with Crippen LogP contribution in [-0.4, -0.2) is 86.0 Å². The average molecular weight is 631 g/mol. The van der Waals surface area contributed by atoms with Crippen molar-refractivity contribution < 1.29 is 26.8 Å². The maximum Gasteiger partial charge on any atom is 0.258 e. The van der Waals surface area contributed by atoms with Gasteiger partial charge in [0.15, 0.2) is 5.82 Å². The minimum Gasteiger partial charge on any atom is -0.369 e.